The Labute approximate surface area is 151 Å². The maximum Gasteiger partial charge on any atom is 0.229 e. The van der Waals surface area contributed by atoms with Gasteiger partial charge in [-0.1, -0.05) is 23.2 Å². The van der Waals surface area contributed by atoms with E-state index in [0.29, 0.717) is 22.3 Å². The molecule has 1 amide bonds. The fourth-order valence-electron chi connectivity index (χ4n) is 2.79. The van der Waals surface area contributed by atoms with Crippen molar-refractivity contribution in [3.05, 3.63) is 46.1 Å². The van der Waals surface area contributed by atoms with E-state index < -0.39 is 0 Å². The molecule has 7 heteroatoms. The Balaban J connectivity index is 1.68. The topological polar surface area (TPSA) is 58.1 Å². The number of nitrogens with zero attached hydrogens (tertiary/aromatic N) is 3. The van der Waals surface area contributed by atoms with Gasteiger partial charge in [-0.25, -0.2) is 0 Å². The largest absolute Gasteiger partial charge is 0.354 e. The molecule has 2 aromatic rings. The highest BCUT2D eigenvalue weighted by molar-refractivity contribution is 6.35. The van der Waals surface area contributed by atoms with Gasteiger partial charge < -0.3 is 10.2 Å². The van der Waals surface area contributed by atoms with Crippen LogP contribution in [-0.2, 0) is 4.79 Å². The van der Waals surface area contributed by atoms with Gasteiger partial charge in [-0.05, 0) is 50.1 Å². The number of hydrogen-bond donors (Lipinski definition) is 1. The number of hydrogen-bond acceptors (Lipinski definition) is 4. The number of nitrogens with one attached hydrogen (secondary N) is 1. The van der Waals surface area contributed by atoms with E-state index in [4.69, 9.17) is 23.2 Å². The number of rotatable bonds is 3. The summed E-state index contributed by atoms with van der Waals surface area (Å²) in [7, 11) is 0. The lowest BCUT2D eigenvalue weighted by Crippen LogP contribution is -2.41. The lowest BCUT2D eigenvalue weighted by Gasteiger charge is -2.32. The molecule has 0 radical (unpaired) electrons. The summed E-state index contributed by atoms with van der Waals surface area (Å²) in [5.41, 5.74) is 1.42. The molecule has 5 nitrogen and oxygen atoms in total. The molecule has 2 heterocycles. The van der Waals surface area contributed by atoms with Gasteiger partial charge in [-0.3, -0.25) is 4.79 Å². The second-order valence-corrected chi connectivity index (χ2v) is 6.78. The Morgan fingerprint density at radius 3 is 2.83 bits per heavy atom. The Morgan fingerprint density at radius 2 is 2.08 bits per heavy atom. The van der Waals surface area contributed by atoms with Crippen molar-refractivity contribution in [3.8, 4) is 0 Å². The maximum absolute atomic E-state index is 12.6. The van der Waals surface area contributed by atoms with E-state index in [1.54, 1.807) is 18.2 Å². The number of aryl methyl sites for hydroxylation is 1. The summed E-state index contributed by atoms with van der Waals surface area (Å²) in [5, 5.41) is 12.2. The van der Waals surface area contributed by atoms with E-state index in [1.165, 1.54) is 0 Å². The van der Waals surface area contributed by atoms with Crippen molar-refractivity contribution in [2.75, 3.05) is 23.3 Å². The third-order valence-electron chi connectivity index (χ3n) is 4.09. The standard InChI is InChI=1S/C17H18Cl2N4O/c1-11-4-7-16(22-21-11)23-8-2-3-12(10-23)17(24)20-15-9-13(18)5-6-14(15)19/h4-7,9,12H,2-3,8,10H2,1H3,(H,20,24). The quantitative estimate of drug-likeness (QED) is 0.895. The predicted molar refractivity (Wildman–Crippen MR) is 96.8 cm³/mol. The highest BCUT2D eigenvalue weighted by atomic mass is 35.5. The van der Waals surface area contributed by atoms with Gasteiger partial charge in [0.2, 0.25) is 5.91 Å². The number of benzene rings is 1. The van der Waals surface area contributed by atoms with Crippen LogP contribution in [-0.4, -0.2) is 29.2 Å². The molecule has 126 valence electrons. The summed E-state index contributed by atoms with van der Waals surface area (Å²) < 4.78 is 0. The first kappa shape index (κ1) is 17.0. The van der Waals surface area contributed by atoms with E-state index in [9.17, 15) is 4.79 Å². The summed E-state index contributed by atoms with van der Waals surface area (Å²) in [6.07, 6.45) is 1.76. The number of amides is 1. The molecule has 1 aromatic carbocycles. The second-order valence-electron chi connectivity index (χ2n) is 5.93. The van der Waals surface area contributed by atoms with Crippen LogP contribution in [0.4, 0.5) is 11.5 Å². The van der Waals surface area contributed by atoms with Crippen molar-refractivity contribution in [2.24, 2.45) is 5.92 Å². The average Bonchev–Trinajstić information content (AvgIpc) is 2.59. The third kappa shape index (κ3) is 3.97. The molecule has 1 atom stereocenters. The lowest BCUT2D eigenvalue weighted by atomic mass is 9.97. The molecule has 1 unspecified atom stereocenters. The van der Waals surface area contributed by atoms with Crippen LogP contribution in [0.5, 0.6) is 0 Å². The minimum absolute atomic E-state index is 0.0519. The molecular formula is C17H18Cl2N4O. The maximum atomic E-state index is 12.6. The molecule has 1 aliphatic heterocycles. The fraction of sp³-hybridized carbons (Fsp3) is 0.353. The van der Waals surface area contributed by atoms with Crippen molar-refractivity contribution in [1.82, 2.24) is 10.2 Å². The van der Waals surface area contributed by atoms with Gasteiger partial charge >= 0.3 is 0 Å². The number of carbonyl (C=O) groups excluding carboxylic acids is 1. The van der Waals surface area contributed by atoms with Gasteiger partial charge in [0.1, 0.15) is 0 Å². The highest BCUT2D eigenvalue weighted by Gasteiger charge is 2.27. The molecule has 1 N–H and O–H groups in total. The summed E-state index contributed by atoms with van der Waals surface area (Å²) in [4.78, 5) is 14.7. The van der Waals surface area contributed by atoms with E-state index in [1.807, 2.05) is 19.1 Å². The monoisotopic (exact) mass is 364 g/mol. The van der Waals surface area contributed by atoms with E-state index >= 15 is 0 Å². The first-order chi connectivity index (χ1) is 11.5. The van der Waals surface area contributed by atoms with Crippen LogP contribution in [0.15, 0.2) is 30.3 Å². The zero-order chi connectivity index (χ0) is 17.1. The van der Waals surface area contributed by atoms with Crippen LogP contribution in [0.1, 0.15) is 18.5 Å². The van der Waals surface area contributed by atoms with Gasteiger partial charge in [0.25, 0.3) is 0 Å². The SMILES string of the molecule is Cc1ccc(N2CCCC(C(=O)Nc3cc(Cl)ccc3Cl)C2)nn1. The average molecular weight is 365 g/mol. The molecule has 24 heavy (non-hydrogen) atoms. The number of carbonyl (C=O) groups is 1. The molecule has 1 aromatic heterocycles. The molecule has 1 fully saturated rings. The third-order valence-corrected chi connectivity index (χ3v) is 4.65. The molecule has 3 rings (SSSR count). The van der Waals surface area contributed by atoms with Crippen LogP contribution >= 0.6 is 23.2 Å². The molecule has 0 saturated carbocycles. The lowest BCUT2D eigenvalue weighted by molar-refractivity contribution is -0.120. The molecule has 1 aliphatic rings. The normalized spacial score (nSPS) is 17.6. The minimum Gasteiger partial charge on any atom is -0.354 e. The summed E-state index contributed by atoms with van der Waals surface area (Å²) in [6, 6.07) is 8.90. The van der Waals surface area contributed by atoms with Gasteiger partial charge in [0, 0.05) is 18.1 Å². The summed E-state index contributed by atoms with van der Waals surface area (Å²) in [6.45, 7) is 3.39. The van der Waals surface area contributed by atoms with Crippen LogP contribution < -0.4 is 10.2 Å². The zero-order valence-electron chi connectivity index (χ0n) is 13.3. The Kier molecular flexibility index (Phi) is 5.21. The van der Waals surface area contributed by atoms with Crippen LogP contribution in [0, 0.1) is 12.8 Å². The van der Waals surface area contributed by atoms with Crippen LogP contribution in [0.3, 0.4) is 0 Å². The first-order valence-corrected chi connectivity index (χ1v) is 8.60. The fourth-order valence-corrected chi connectivity index (χ4v) is 3.12. The van der Waals surface area contributed by atoms with Gasteiger partial charge in [-0.2, -0.15) is 5.10 Å². The van der Waals surface area contributed by atoms with Crippen molar-refractivity contribution >= 4 is 40.6 Å². The zero-order valence-corrected chi connectivity index (χ0v) is 14.8. The number of piperidine rings is 1. The highest BCUT2D eigenvalue weighted by Crippen LogP contribution is 2.27. The van der Waals surface area contributed by atoms with Gasteiger partial charge in [0.05, 0.1) is 22.3 Å². The van der Waals surface area contributed by atoms with E-state index in [0.717, 1.165) is 30.9 Å². The molecule has 0 bridgehead atoms. The van der Waals surface area contributed by atoms with Crippen LogP contribution in [0.25, 0.3) is 0 Å². The van der Waals surface area contributed by atoms with Crippen molar-refractivity contribution in [2.45, 2.75) is 19.8 Å². The number of anilines is 2. The number of aromatic nitrogens is 2. The van der Waals surface area contributed by atoms with Gasteiger partial charge in [-0.15, -0.1) is 5.10 Å². The van der Waals surface area contributed by atoms with Crippen molar-refractivity contribution in [1.29, 1.82) is 0 Å². The Morgan fingerprint density at radius 1 is 1.25 bits per heavy atom. The summed E-state index contributed by atoms with van der Waals surface area (Å²) in [5.74, 6) is 0.625. The van der Waals surface area contributed by atoms with E-state index in [2.05, 4.69) is 20.4 Å². The Bertz CT molecular complexity index is 736. The van der Waals surface area contributed by atoms with Gasteiger partial charge in [0.15, 0.2) is 5.82 Å². The molecular weight excluding hydrogens is 347 g/mol. The Hall–Kier alpha value is -1.85. The number of halogens is 2. The van der Waals surface area contributed by atoms with Crippen LogP contribution in [0.2, 0.25) is 10.0 Å². The minimum atomic E-state index is -0.128. The predicted octanol–water partition coefficient (Wildman–Crippen LogP) is 3.95. The van der Waals surface area contributed by atoms with Crippen molar-refractivity contribution < 1.29 is 4.79 Å². The smallest absolute Gasteiger partial charge is 0.229 e. The second kappa shape index (κ2) is 7.36. The van der Waals surface area contributed by atoms with Crippen molar-refractivity contribution in [3.63, 3.8) is 0 Å². The van der Waals surface area contributed by atoms with E-state index in [-0.39, 0.29) is 11.8 Å². The molecule has 0 spiro atoms. The first-order valence-electron chi connectivity index (χ1n) is 7.84. The molecule has 0 aliphatic carbocycles. The summed E-state index contributed by atoms with van der Waals surface area (Å²) >= 11 is 12.1. The molecule has 1 saturated heterocycles.